The van der Waals surface area contributed by atoms with E-state index in [1.165, 1.54) is 6.21 Å². The molecular formula is C14H12F2N2O. The second kappa shape index (κ2) is 5.95. The van der Waals surface area contributed by atoms with Crippen molar-refractivity contribution in [2.45, 2.75) is 6.61 Å². The molecule has 98 valence electrons. The number of nitrogens with two attached hydrogens (primary N) is 1. The van der Waals surface area contributed by atoms with E-state index >= 15 is 0 Å². The van der Waals surface area contributed by atoms with Crippen LogP contribution in [0.25, 0.3) is 0 Å². The van der Waals surface area contributed by atoms with E-state index in [4.69, 9.17) is 10.6 Å². The van der Waals surface area contributed by atoms with E-state index in [0.29, 0.717) is 0 Å². The third-order valence-corrected chi connectivity index (χ3v) is 2.50. The van der Waals surface area contributed by atoms with Crippen LogP contribution in [0.2, 0.25) is 0 Å². The summed E-state index contributed by atoms with van der Waals surface area (Å²) in [7, 11) is 0. The van der Waals surface area contributed by atoms with Crippen molar-refractivity contribution in [3.05, 3.63) is 65.2 Å². The summed E-state index contributed by atoms with van der Waals surface area (Å²) in [5.74, 6) is 3.89. The molecule has 2 aromatic rings. The highest BCUT2D eigenvalue weighted by Gasteiger charge is 2.04. The van der Waals surface area contributed by atoms with Crippen molar-refractivity contribution < 1.29 is 13.5 Å². The molecule has 5 heteroatoms. The molecule has 0 saturated heterocycles. The maximum Gasteiger partial charge on any atom is 0.129 e. The van der Waals surface area contributed by atoms with Crippen LogP contribution < -0.4 is 10.6 Å². The van der Waals surface area contributed by atoms with Crippen LogP contribution in [-0.4, -0.2) is 6.21 Å². The summed E-state index contributed by atoms with van der Waals surface area (Å²) in [6.45, 7) is 0.172. The first-order valence-corrected chi connectivity index (χ1v) is 5.59. The van der Waals surface area contributed by atoms with E-state index in [-0.39, 0.29) is 12.4 Å². The van der Waals surface area contributed by atoms with Gasteiger partial charge in [-0.2, -0.15) is 5.10 Å². The van der Waals surface area contributed by atoms with Crippen LogP contribution >= 0.6 is 0 Å². The van der Waals surface area contributed by atoms with Crippen molar-refractivity contribution in [1.29, 1.82) is 0 Å². The molecule has 0 bridgehead atoms. The molecule has 0 radical (unpaired) electrons. The van der Waals surface area contributed by atoms with Crippen molar-refractivity contribution >= 4 is 6.21 Å². The SMILES string of the molecule is NN=Cc1ccccc1COc1cc(F)cc(F)c1. The summed E-state index contributed by atoms with van der Waals surface area (Å²) < 4.78 is 31.4. The quantitative estimate of drug-likeness (QED) is 0.523. The lowest BCUT2D eigenvalue weighted by atomic mass is 10.1. The Labute approximate surface area is 109 Å². The van der Waals surface area contributed by atoms with Crippen molar-refractivity contribution in [2.75, 3.05) is 0 Å². The van der Waals surface area contributed by atoms with Gasteiger partial charge in [0.1, 0.15) is 24.0 Å². The van der Waals surface area contributed by atoms with Crippen LogP contribution in [0.3, 0.4) is 0 Å². The molecule has 0 atom stereocenters. The summed E-state index contributed by atoms with van der Waals surface area (Å²) in [4.78, 5) is 0. The minimum absolute atomic E-state index is 0.136. The lowest BCUT2D eigenvalue weighted by molar-refractivity contribution is 0.302. The standard InChI is InChI=1S/C14H12F2N2O/c15-12-5-13(16)7-14(6-12)19-9-11-4-2-1-3-10(11)8-18-17/h1-8H,9,17H2. The number of benzene rings is 2. The smallest absolute Gasteiger partial charge is 0.129 e. The predicted molar refractivity (Wildman–Crippen MR) is 68.9 cm³/mol. The molecule has 0 saturated carbocycles. The molecule has 0 aliphatic rings. The number of hydrogen-bond acceptors (Lipinski definition) is 3. The van der Waals surface area contributed by atoms with Crippen molar-refractivity contribution in [2.24, 2.45) is 10.9 Å². The van der Waals surface area contributed by atoms with Gasteiger partial charge in [-0.1, -0.05) is 24.3 Å². The molecule has 0 aromatic heterocycles. The first-order valence-electron chi connectivity index (χ1n) is 5.59. The van der Waals surface area contributed by atoms with Gasteiger partial charge in [-0.05, 0) is 5.56 Å². The minimum atomic E-state index is -0.674. The lowest BCUT2D eigenvalue weighted by Crippen LogP contribution is -2.01. The van der Waals surface area contributed by atoms with Gasteiger partial charge < -0.3 is 10.6 Å². The Hall–Kier alpha value is -2.43. The Bertz CT molecular complexity index is 579. The molecule has 0 heterocycles. The van der Waals surface area contributed by atoms with Crippen LogP contribution in [0.15, 0.2) is 47.6 Å². The third kappa shape index (κ3) is 3.51. The van der Waals surface area contributed by atoms with Gasteiger partial charge in [-0.3, -0.25) is 0 Å². The maximum atomic E-state index is 13.0. The molecule has 2 aromatic carbocycles. The third-order valence-electron chi connectivity index (χ3n) is 2.50. The molecule has 0 amide bonds. The summed E-state index contributed by atoms with van der Waals surface area (Å²) >= 11 is 0. The lowest BCUT2D eigenvalue weighted by Gasteiger charge is -2.08. The fourth-order valence-corrected chi connectivity index (χ4v) is 1.64. The number of ether oxygens (including phenoxy) is 1. The maximum absolute atomic E-state index is 13.0. The number of nitrogens with zero attached hydrogens (tertiary/aromatic N) is 1. The molecular weight excluding hydrogens is 250 g/mol. The monoisotopic (exact) mass is 262 g/mol. The summed E-state index contributed by atoms with van der Waals surface area (Å²) in [6.07, 6.45) is 1.49. The van der Waals surface area contributed by atoms with Gasteiger partial charge in [-0.15, -0.1) is 0 Å². The molecule has 0 aliphatic heterocycles. The van der Waals surface area contributed by atoms with Crippen LogP contribution in [0, 0.1) is 11.6 Å². The minimum Gasteiger partial charge on any atom is -0.489 e. The van der Waals surface area contributed by atoms with E-state index in [1.54, 1.807) is 0 Å². The van der Waals surface area contributed by atoms with Gasteiger partial charge in [0.2, 0.25) is 0 Å². The molecule has 3 nitrogen and oxygen atoms in total. The second-order valence-electron chi connectivity index (χ2n) is 3.87. The molecule has 0 aliphatic carbocycles. The van der Waals surface area contributed by atoms with E-state index in [0.717, 1.165) is 29.3 Å². The summed E-state index contributed by atoms with van der Waals surface area (Å²) in [5.41, 5.74) is 1.61. The molecule has 0 unspecified atom stereocenters. The molecule has 0 spiro atoms. The fourth-order valence-electron chi connectivity index (χ4n) is 1.64. The van der Waals surface area contributed by atoms with Crippen LogP contribution in [0.4, 0.5) is 8.78 Å². The van der Waals surface area contributed by atoms with E-state index in [9.17, 15) is 8.78 Å². The zero-order valence-corrected chi connectivity index (χ0v) is 10.0. The second-order valence-corrected chi connectivity index (χ2v) is 3.87. The van der Waals surface area contributed by atoms with Gasteiger partial charge in [0.25, 0.3) is 0 Å². The predicted octanol–water partition coefficient (Wildman–Crippen LogP) is 2.84. The van der Waals surface area contributed by atoms with Crippen LogP contribution in [-0.2, 0) is 6.61 Å². The molecule has 0 fully saturated rings. The van der Waals surface area contributed by atoms with Gasteiger partial charge >= 0.3 is 0 Å². The number of hydrogen-bond donors (Lipinski definition) is 1. The van der Waals surface area contributed by atoms with Crippen molar-refractivity contribution in [1.82, 2.24) is 0 Å². The Balaban J connectivity index is 2.14. The number of halogens is 2. The highest BCUT2D eigenvalue weighted by molar-refractivity contribution is 5.81. The van der Waals surface area contributed by atoms with Gasteiger partial charge in [0.05, 0.1) is 6.21 Å². The zero-order chi connectivity index (χ0) is 13.7. The number of hydrazone groups is 1. The highest BCUT2D eigenvalue weighted by atomic mass is 19.1. The molecule has 2 rings (SSSR count). The van der Waals surface area contributed by atoms with Gasteiger partial charge in [0, 0.05) is 23.8 Å². The normalized spacial score (nSPS) is 10.8. The van der Waals surface area contributed by atoms with Crippen molar-refractivity contribution in [3.8, 4) is 5.75 Å². The first-order chi connectivity index (χ1) is 9.19. The largest absolute Gasteiger partial charge is 0.489 e. The Kier molecular flexibility index (Phi) is 4.07. The molecule has 19 heavy (non-hydrogen) atoms. The van der Waals surface area contributed by atoms with Crippen LogP contribution in [0.5, 0.6) is 5.75 Å². The fraction of sp³-hybridized carbons (Fsp3) is 0.0714. The Morgan fingerprint density at radius 3 is 2.47 bits per heavy atom. The van der Waals surface area contributed by atoms with Gasteiger partial charge in [0.15, 0.2) is 0 Å². The van der Waals surface area contributed by atoms with Crippen molar-refractivity contribution in [3.63, 3.8) is 0 Å². The zero-order valence-electron chi connectivity index (χ0n) is 10.0. The van der Waals surface area contributed by atoms with E-state index in [1.807, 2.05) is 24.3 Å². The first kappa shape index (κ1) is 13.0. The summed E-state index contributed by atoms with van der Waals surface area (Å²) in [5, 5.41) is 3.45. The van der Waals surface area contributed by atoms with Crippen LogP contribution in [0.1, 0.15) is 11.1 Å². The summed E-state index contributed by atoms with van der Waals surface area (Å²) in [6, 6.07) is 10.4. The highest BCUT2D eigenvalue weighted by Crippen LogP contribution is 2.17. The number of rotatable bonds is 4. The van der Waals surface area contributed by atoms with Gasteiger partial charge in [-0.25, -0.2) is 8.78 Å². The topological polar surface area (TPSA) is 47.6 Å². The Morgan fingerprint density at radius 2 is 1.79 bits per heavy atom. The van der Waals surface area contributed by atoms with E-state index < -0.39 is 11.6 Å². The molecule has 2 N–H and O–H groups in total. The average Bonchev–Trinajstić information content (AvgIpc) is 2.37. The Morgan fingerprint density at radius 1 is 1.11 bits per heavy atom. The van der Waals surface area contributed by atoms with E-state index in [2.05, 4.69) is 5.10 Å². The average molecular weight is 262 g/mol.